The van der Waals surface area contributed by atoms with Crippen molar-refractivity contribution < 1.29 is 9.59 Å². The molecule has 0 bridgehead atoms. The van der Waals surface area contributed by atoms with Crippen molar-refractivity contribution in [1.82, 2.24) is 10.2 Å². The Morgan fingerprint density at radius 2 is 2.19 bits per heavy atom. The Kier molecular flexibility index (Phi) is 3.43. The molecule has 0 saturated carbocycles. The van der Waals surface area contributed by atoms with E-state index in [1.165, 1.54) is 0 Å². The molecule has 0 aliphatic carbocycles. The average Bonchev–Trinajstić information content (AvgIpc) is 2.51. The van der Waals surface area contributed by atoms with Gasteiger partial charge in [-0.1, -0.05) is 0 Å². The summed E-state index contributed by atoms with van der Waals surface area (Å²) in [7, 11) is 0. The molecule has 3 N–H and O–H groups in total. The van der Waals surface area contributed by atoms with Gasteiger partial charge in [-0.25, -0.2) is 0 Å². The summed E-state index contributed by atoms with van der Waals surface area (Å²) in [6.07, 6.45) is 3.29. The van der Waals surface area contributed by atoms with Crippen molar-refractivity contribution in [2.75, 3.05) is 19.6 Å². The van der Waals surface area contributed by atoms with Crippen LogP contribution in [0.15, 0.2) is 0 Å². The molecule has 2 amide bonds. The third kappa shape index (κ3) is 2.19. The lowest BCUT2D eigenvalue weighted by Crippen LogP contribution is -2.46. The standard InChI is InChI=1S/C11H19N3O2/c12-6-8-5-10(15)14(7-8)9-3-1-2-4-13-11(9)16/h8-9H,1-7,12H2,(H,13,16). The van der Waals surface area contributed by atoms with Crippen molar-refractivity contribution in [1.29, 1.82) is 0 Å². The number of hydrogen-bond donors (Lipinski definition) is 2. The summed E-state index contributed by atoms with van der Waals surface area (Å²) < 4.78 is 0. The zero-order valence-corrected chi connectivity index (χ0v) is 9.45. The fourth-order valence-corrected chi connectivity index (χ4v) is 2.49. The van der Waals surface area contributed by atoms with Crippen LogP contribution in [-0.2, 0) is 9.59 Å². The summed E-state index contributed by atoms with van der Waals surface area (Å²) in [5.41, 5.74) is 5.57. The Hall–Kier alpha value is -1.10. The molecule has 2 aliphatic heterocycles. The lowest BCUT2D eigenvalue weighted by atomic mass is 10.1. The number of carbonyl (C=O) groups is 2. The summed E-state index contributed by atoms with van der Waals surface area (Å²) in [5, 5.41) is 2.86. The molecular formula is C11H19N3O2. The molecule has 0 spiro atoms. The van der Waals surface area contributed by atoms with Crippen LogP contribution >= 0.6 is 0 Å². The maximum atomic E-state index is 11.8. The Bertz CT molecular complexity index is 293. The van der Waals surface area contributed by atoms with E-state index < -0.39 is 0 Å². The summed E-state index contributed by atoms with van der Waals surface area (Å²) in [5.74, 6) is 0.310. The van der Waals surface area contributed by atoms with Gasteiger partial charge in [0, 0.05) is 19.5 Å². The van der Waals surface area contributed by atoms with Crippen LogP contribution in [0.25, 0.3) is 0 Å². The van der Waals surface area contributed by atoms with Gasteiger partial charge >= 0.3 is 0 Å². The highest BCUT2D eigenvalue weighted by molar-refractivity contribution is 5.88. The molecule has 2 unspecified atom stereocenters. The van der Waals surface area contributed by atoms with E-state index in [1.54, 1.807) is 4.90 Å². The number of nitrogens with two attached hydrogens (primary N) is 1. The molecule has 0 radical (unpaired) electrons. The molecule has 2 rings (SSSR count). The highest BCUT2D eigenvalue weighted by Crippen LogP contribution is 2.22. The van der Waals surface area contributed by atoms with Gasteiger partial charge in [0.05, 0.1) is 0 Å². The number of hydrogen-bond acceptors (Lipinski definition) is 3. The second-order valence-corrected chi connectivity index (χ2v) is 4.65. The van der Waals surface area contributed by atoms with E-state index in [0.717, 1.165) is 25.8 Å². The quantitative estimate of drug-likeness (QED) is 0.663. The molecule has 16 heavy (non-hydrogen) atoms. The highest BCUT2D eigenvalue weighted by atomic mass is 16.2. The van der Waals surface area contributed by atoms with E-state index in [0.29, 0.717) is 19.5 Å². The number of likely N-dealkylation sites (tertiary alicyclic amines) is 1. The minimum Gasteiger partial charge on any atom is -0.354 e. The molecule has 2 atom stereocenters. The molecule has 5 heteroatoms. The van der Waals surface area contributed by atoms with Crippen LogP contribution in [0.1, 0.15) is 25.7 Å². The summed E-state index contributed by atoms with van der Waals surface area (Å²) >= 11 is 0. The second kappa shape index (κ2) is 4.82. The average molecular weight is 225 g/mol. The first kappa shape index (κ1) is 11.4. The van der Waals surface area contributed by atoms with Crippen molar-refractivity contribution in [2.45, 2.75) is 31.7 Å². The SMILES string of the molecule is NCC1CC(=O)N(C2CCCCNC2=O)C1. The van der Waals surface area contributed by atoms with Crippen molar-refractivity contribution >= 4 is 11.8 Å². The number of nitrogens with one attached hydrogen (secondary N) is 1. The van der Waals surface area contributed by atoms with Gasteiger partial charge in [0.1, 0.15) is 6.04 Å². The molecule has 0 aromatic heterocycles. The molecule has 2 fully saturated rings. The van der Waals surface area contributed by atoms with Crippen LogP contribution in [0.2, 0.25) is 0 Å². The predicted molar refractivity (Wildman–Crippen MR) is 59.5 cm³/mol. The summed E-state index contributed by atoms with van der Waals surface area (Å²) in [4.78, 5) is 25.3. The summed E-state index contributed by atoms with van der Waals surface area (Å²) in [6.45, 7) is 1.90. The predicted octanol–water partition coefficient (Wildman–Crippen LogP) is -0.538. The van der Waals surface area contributed by atoms with E-state index >= 15 is 0 Å². The zero-order chi connectivity index (χ0) is 11.5. The van der Waals surface area contributed by atoms with Crippen LogP contribution in [0.5, 0.6) is 0 Å². The second-order valence-electron chi connectivity index (χ2n) is 4.65. The molecule has 0 aromatic carbocycles. The number of nitrogens with zero attached hydrogens (tertiary/aromatic N) is 1. The number of rotatable bonds is 2. The van der Waals surface area contributed by atoms with E-state index in [2.05, 4.69) is 5.32 Å². The van der Waals surface area contributed by atoms with E-state index in [-0.39, 0.29) is 23.8 Å². The van der Waals surface area contributed by atoms with Crippen LogP contribution in [0, 0.1) is 5.92 Å². The van der Waals surface area contributed by atoms with Gasteiger partial charge in [0.25, 0.3) is 0 Å². The monoisotopic (exact) mass is 225 g/mol. The largest absolute Gasteiger partial charge is 0.354 e. The van der Waals surface area contributed by atoms with Crippen LogP contribution < -0.4 is 11.1 Å². The molecular weight excluding hydrogens is 206 g/mol. The maximum Gasteiger partial charge on any atom is 0.242 e. The molecule has 2 aliphatic rings. The van der Waals surface area contributed by atoms with Gasteiger partial charge in [-0.2, -0.15) is 0 Å². The first-order valence-electron chi connectivity index (χ1n) is 5.99. The Balaban J connectivity index is 2.05. The Labute approximate surface area is 95.3 Å². The number of amides is 2. The molecule has 5 nitrogen and oxygen atoms in total. The molecule has 2 heterocycles. The molecule has 2 saturated heterocycles. The van der Waals surface area contributed by atoms with E-state index in [1.807, 2.05) is 0 Å². The van der Waals surface area contributed by atoms with Gasteiger partial charge in [-0.3, -0.25) is 9.59 Å². The molecule has 0 aromatic rings. The van der Waals surface area contributed by atoms with Gasteiger partial charge in [-0.05, 0) is 31.7 Å². The third-order valence-corrected chi connectivity index (χ3v) is 3.45. The minimum atomic E-state index is -0.258. The third-order valence-electron chi connectivity index (χ3n) is 3.45. The van der Waals surface area contributed by atoms with Crippen molar-refractivity contribution in [2.24, 2.45) is 11.7 Å². The first-order valence-corrected chi connectivity index (χ1v) is 5.99. The van der Waals surface area contributed by atoms with E-state index in [4.69, 9.17) is 5.73 Å². The van der Waals surface area contributed by atoms with Crippen LogP contribution in [0.4, 0.5) is 0 Å². The molecule has 90 valence electrons. The van der Waals surface area contributed by atoms with Gasteiger partial charge in [0.15, 0.2) is 0 Å². The Morgan fingerprint density at radius 3 is 2.88 bits per heavy atom. The zero-order valence-electron chi connectivity index (χ0n) is 9.45. The van der Waals surface area contributed by atoms with Crippen molar-refractivity contribution in [3.8, 4) is 0 Å². The fraction of sp³-hybridized carbons (Fsp3) is 0.818. The normalized spacial score (nSPS) is 31.4. The van der Waals surface area contributed by atoms with E-state index in [9.17, 15) is 9.59 Å². The first-order chi connectivity index (χ1) is 7.72. The Morgan fingerprint density at radius 1 is 1.38 bits per heavy atom. The highest BCUT2D eigenvalue weighted by Gasteiger charge is 2.37. The van der Waals surface area contributed by atoms with Crippen molar-refractivity contribution in [3.05, 3.63) is 0 Å². The number of carbonyl (C=O) groups excluding carboxylic acids is 2. The maximum absolute atomic E-state index is 11.8. The lowest BCUT2D eigenvalue weighted by Gasteiger charge is -2.25. The summed E-state index contributed by atoms with van der Waals surface area (Å²) in [6, 6.07) is -0.258. The topological polar surface area (TPSA) is 75.4 Å². The van der Waals surface area contributed by atoms with Gasteiger partial charge in [-0.15, -0.1) is 0 Å². The smallest absolute Gasteiger partial charge is 0.242 e. The van der Waals surface area contributed by atoms with Gasteiger partial charge < -0.3 is 16.0 Å². The minimum absolute atomic E-state index is 0.00326. The van der Waals surface area contributed by atoms with Gasteiger partial charge in [0.2, 0.25) is 11.8 Å². The fourth-order valence-electron chi connectivity index (χ4n) is 2.49. The van der Waals surface area contributed by atoms with Crippen molar-refractivity contribution in [3.63, 3.8) is 0 Å². The van der Waals surface area contributed by atoms with Crippen LogP contribution in [0.3, 0.4) is 0 Å². The lowest BCUT2D eigenvalue weighted by molar-refractivity contribution is -0.137. The van der Waals surface area contributed by atoms with Crippen LogP contribution in [-0.4, -0.2) is 42.4 Å².